The molecule has 0 aliphatic heterocycles. The van der Waals surface area contributed by atoms with E-state index in [-0.39, 0.29) is 8.41 Å². The summed E-state index contributed by atoms with van der Waals surface area (Å²) in [6.45, 7) is 0. The van der Waals surface area contributed by atoms with E-state index in [1.54, 1.807) is 0 Å². The maximum Gasteiger partial charge on any atom is -0.0184 e. The van der Waals surface area contributed by atoms with E-state index in [2.05, 4.69) is 48.5 Å². The SMILES string of the molecule is [B-].c1ccc(-c2ccccc2)cc1. The van der Waals surface area contributed by atoms with Crippen LogP contribution in [0.15, 0.2) is 60.7 Å². The van der Waals surface area contributed by atoms with Crippen molar-refractivity contribution >= 4 is 8.41 Å². The van der Waals surface area contributed by atoms with E-state index < -0.39 is 0 Å². The Labute approximate surface area is 80.8 Å². The van der Waals surface area contributed by atoms with E-state index in [0.29, 0.717) is 0 Å². The van der Waals surface area contributed by atoms with Crippen LogP contribution in [0.2, 0.25) is 0 Å². The molecule has 0 atom stereocenters. The Bertz CT molecular complexity index is 303. The highest BCUT2D eigenvalue weighted by Crippen LogP contribution is 2.17. The molecule has 0 aliphatic rings. The molecule has 0 saturated carbocycles. The largest absolute Gasteiger partial charge is 1.00 e. The summed E-state index contributed by atoms with van der Waals surface area (Å²) in [7, 11) is 0. The van der Waals surface area contributed by atoms with Gasteiger partial charge in [-0.25, -0.2) is 0 Å². The van der Waals surface area contributed by atoms with Gasteiger partial charge in [0.1, 0.15) is 0 Å². The van der Waals surface area contributed by atoms with E-state index in [9.17, 15) is 0 Å². The van der Waals surface area contributed by atoms with E-state index in [0.717, 1.165) is 0 Å². The van der Waals surface area contributed by atoms with Crippen LogP contribution in [0.5, 0.6) is 0 Å². The van der Waals surface area contributed by atoms with Gasteiger partial charge in [-0.1, -0.05) is 60.7 Å². The zero-order valence-electron chi connectivity index (χ0n) is 7.35. The standard InChI is InChI=1S/C12H10.B/c1-3-7-11(8-4-1)12-9-5-2-6-10-12;/h1-10H;/q;-1. The second kappa shape index (κ2) is 4.51. The first-order chi connectivity index (χ1) is 5.97. The molecule has 2 rings (SSSR count). The lowest BCUT2D eigenvalue weighted by atomic mass is 10.1. The summed E-state index contributed by atoms with van der Waals surface area (Å²) in [5.74, 6) is 0. The van der Waals surface area contributed by atoms with Crippen LogP contribution in [0.3, 0.4) is 0 Å². The van der Waals surface area contributed by atoms with Crippen molar-refractivity contribution in [3.05, 3.63) is 60.7 Å². The Hall–Kier alpha value is -1.50. The molecule has 2 aromatic carbocycles. The van der Waals surface area contributed by atoms with Crippen molar-refractivity contribution < 1.29 is 0 Å². The van der Waals surface area contributed by atoms with Crippen LogP contribution in [-0.4, -0.2) is 8.41 Å². The van der Waals surface area contributed by atoms with Crippen molar-refractivity contribution in [1.29, 1.82) is 0 Å². The van der Waals surface area contributed by atoms with Gasteiger partial charge >= 0.3 is 0 Å². The predicted molar refractivity (Wildman–Crippen MR) is 57.6 cm³/mol. The molecule has 0 nitrogen and oxygen atoms in total. The third kappa shape index (κ3) is 2.22. The number of hydrogen-bond acceptors (Lipinski definition) is 0. The molecule has 4 radical (unpaired) electrons. The fraction of sp³-hybridized carbons (Fsp3) is 0. The van der Waals surface area contributed by atoms with Crippen LogP contribution in [0.4, 0.5) is 0 Å². The van der Waals surface area contributed by atoms with Crippen LogP contribution >= 0.6 is 0 Å². The van der Waals surface area contributed by atoms with Gasteiger partial charge in [-0.15, -0.1) is 0 Å². The molecule has 0 N–H and O–H groups in total. The number of rotatable bonds is 1. The van der Waals surface area contributed by atoms with Crippen LogP contribution in [0.25, 0.3) is 11.1 Å². The Morgan fingerprint density at radius 2 is 0.769 bits per heavy atom. The van der Waals surface area contributed by atoms with Crippen molar-refractivity contribution in [3.63, 3.8) is 0 Å². The Morgan fingerprint density at radius 1 is 0.462 bits per heavy atom. The first-order valence-corrected chi connectivity index (χ1v) is 4.07. The minimum atomic E-state index is 0. The summed E-state index contributed by atoms with van der Waals surface area (Å²) >= 11 is 0. The highest BCUT2D eigenvalue weighted by atomic mass is 14.0. The molecule has 2 aromatic rings. The van der Waals surface area contributed by atoms with Gasteiger partial charge in [0.25, 0.3) is 0 Å². The summed E-state index contributed by atoms with van der Waals surface area (Å²) in [5.41, 5.74) is 2.55. The summed E-state index contributed by atoms with van der Waals surface area (Å²) in [6, 6.07) is 20.8. The fourth-order valence-electron chi connectivity index (χ4n) is 1.26. The number of hydrogen-bond donors (Lipinski definition) is 0. The van der Waals surface area contributed by atoms with Gasteiger partial charge in [-0.05, 0) is 11.1 Å². The highest BCUT2D eigenvalue weighted by Gasteiger charge is 1.91. The first-order valence-electron chi connectivity index (χ1n) is 4.07. The zero-order valence-corrected chi connectivity index (χ0v) is 7.35. The molecular weight excluding hydrogens is 155 g/mol. The number of benzene rings is 2. The molecule has 0 saturated heterocycles. The quantitative estimate of drug-likeness (QED) is 0.569. The predicted octanol–water partition coefficient (Wildman–Crippen LogP) is 2.97. The summed E-state index contributed by atoms with van der Waals surface area (Å²) in [6.07, 6.45) is 0. The molecule has 0 unspecified atom stereocenters. The second-order valence-corrected chi connectivity index (χ2v) is 2.73. The summed E-state index contributed by atoms with van der Waals surface area (Å²) < 4.78 is 0. The van der Waals surface area contributed by atoms with Crippen molar-refractivity contribution in [3.8, 4) is 11.1 Å². The lowest BCUT2D eigenvalue weighted by Crippen LogP contribution is -1.73. The molecule has 62 valence electrons. The first kappa shape index (κ1) is 9.59. The van der Waals surface area contributed by atoms with Gasteiger partial charge in [0.05, 0.1) is 0 Å². The normalized spacial score (nSPS) is 8.92. The average Bonchev–Trinajstić information content (AvgIpc) is 2.21. The molecule has 1 heteroatoms. The Balaban J connectivity index is 0.000000845. The zero-order chi connectivity index (χ0) is 8.23. The molecule has 0 bridgehead atoms. The molecule has 0 heterocycles. The van der Waals surface area contributed by atoms with Crippen LogP contribution in [0.1, 0.15) is 0 Å². The highest BCUT2D eigenvalue weighted by molar-refractivity contribution is 5.75. The second-order valence-electron chi connectivity index (χ2n) is 2.73. The maximum atomic E-state index is 2.12. The summed E-state index contributed by atoms with van der Waals surface area (Å²) in [5, 5.41) is 0. The van der Waals surface area contributed by atoms with Gasteiger partial charge in [0, 0.05) is 0 Å². The van der Waals surface area contributed by atoms with Gasteiger partial charge < -0.3 is 8.41 Å². The van der Waals surface area contributed by atoms with Gasteiger partial charge in [0.2, 0.25) is 0 Å². The van der Waals surface area contributed by atoms with Crippen molar-refractivity contribution in [2.24, 2.45) is 0 Å². The minimum Gasteiger partial charge on any atom is -1.00 e. The third-order valence-corrected chi connectivity index (χ3v) is 1.88. The van der Waals surface area contributed by atoms with Gasteiger partial charge in [-0.2, -0.15) is 0 Å². The molecule has 0 aliphatic carbocycles. The molecule has 0 aromatic heterocycles. The molecule has 0 amide bonds. The van der Waals surface area contributed by atoms with E-state index >= 15 is 0 Å². The van der Waals surface area contributed by atoms with Crippen LogP contribution < -0.4 is 0 Å². The van der Waals surface area contributed by atoms with E-state index in [4.69, 9.17) is 0 Å². The van der Waals surface area contributed by atoms with Crippen molar-refractivity contribution in [1.82, 2.24) is 0 Å². The van der Waals surface area contributed by atoms with Crippen LogP contribution in [-0.2, 0) is 0 Å². The summed E-state index contributed by atoms with van der Waals surface area (Å²) in [4.78, 5) is 0. The van der Waals surface area contributed by atoms with Gasteiger partial charge in [-0.3, -0.25) is 0 Å². The smallest absolute Gasteiger partial charge is 0.0184 e. The molecule has 0 fully saturated rings. The van der Waals surface area contributed by atoms with E-state index in [1.807, 2.05) is 12.1 Å². The lowest BCUT2D eigenvalue weighted by Gasteiger charge is -1.98. The minimum absolute atomic E-state index is 0. The van der Waals surface area contributed by atoms with Gasteiger partial charge in [0.15, 0.2) is 0 Å². The molecular formula is C12H10B-. The Kier molecular flexibility index (Phi) is 3.33. The lowest BCUT2D eigenvalue weighted by molar-refractivity contribution is 1.62. The van der Waals surface area contributed by atoms with Crippen LogP contribution in [0, 0.1) is 0 Å². The monoisotopic (exact) mass is 165 g/mol. The molecule has 13 heavy (non-hydrogen) atoms. The Morgan fingerprint density at radius 3 is 1.08 bits per heavy atom. The van der Waals surface area contributed by atoms with E-state index in [1.165, 1.54) is 11.1 Å². The fourth-order valence-corrected chi connectivity index (χ4v) is 1.26. The van der Waals surface area contributed by atoms with Crippen molar-refractivity contribution in [2.45, 2.75) is 0 Å². The molecule has 0 spiro atoms. The maximum absolute atomic E-state index is 2.12. The average molecular weight is 165 g/mol. The third-order valence-electron chi connectivity index (χ3n) is 1.88. The van der Waals surface area contributed by atoms with Crippen molar-refractivity contribution in [2.75, 3.05) is 0 Å². The topological polar surface area (TPSA) is 0 Å².